The molecule has 2 heterocycles. The topological polar surface area (TPSA) is 113 Å². The molecular weight excluding hydrogens is 250 g/mol. The minimum Gasteiger partial charge on any atom is -0.508 e. The van der Waals surface area contributed by atoms with Gasteiger partial charge in [0.1, 0.15) is 17.5 Å². The summed E-state index contributed by atoms with van der Waals surface area (Å²) in [5, 5.41) is 32.0. The molecule has 0 spiro atoms. The Kier molecular flexibility index (Phi) is 2.41. The number of anilines is 1. The fourth-order valence-corrected chi connectivity index (χ4v) is 1.89. The third-order valence-electron chi connectivity index (χ3n) is 2.79. The molecule has 0 unspecified atom stereocenters. The molecule has 0 aliphatic carbocycles. The van der Waals surface area contributed by atoms with Crippen LogP contribution in [0.4, 0.5) is 5.95 Å². The normalized spacial score (nSPS) is 17.3. The molecule has 0 saturated carbocycles. The second kappa shape index (κ2) is 4.09. The molecule has 0 amide bonds. The van der Waals surface area contributed by atoms with E-state index in [-0.39, 0.29) is 17.4 Å². The Hall–Kier alpha value is -2.90. The molecule has 8 heteroatoms. The first-order chi connectivity index (χ1) is 9.15. The zero-order valence-electron chi connectivity index (χ0n) is 9.56. The SMILES string of the molecule is O=C(O)C1=C[C@@H](c2ccc(O)cc2)n2nnnc2N1. The molecule has 0 saturated heterocycles. The molecule has 1 aromatic heterocycles. The van der Waals surface area contributed by atoms with Gasteiger partial charge in [0.2, 0.25) is 5.95 Å². The fraction of sp³-hybridized carbons (Fsp3) is 0.0909. The smallest absolute Gasteiger partial charge is 0.352 e. The number of tetrazole rings is 1. The molecule has 19 heavy (non-hydrogen) atoms. The number of nitrogens with one attached hydrogen (secondary N) is 1. The zero-order chi connectivity index (χ0) is 13.4. The Morgan fingerprint density at radius 2 is 2.05 bits per heavy atom. The van der Waals surface area contributed by atoms with Crippen LogP contribution >= 0.6 is 0 Å². The molecular formula is C11H9N5O3. The van der Waals surface area contributed by atoms with Crippen LogP contribution in [-0.2, 0) is 4.79 Å². The first-order valence-corrected chi connectivity index (χ1v) is 5.44. The first kappa shape index (κ1) is 11.2. The van der Waals surface area contributed by atoms with Crippen molar-refractivity contribution in [2.75, 3.05) is 5.32 Å². The van der Waals surface area contributed by atoms with Crippen molar-refractivity contribution in [2.24, 2.45) is 0 Å². The van der Waals surface area contributed by atoms with E-state index >= 15 is 0 Å². The summed E-state index contributed by atoms with van der Waals surface area (Å²) in [6.45, 7) is 0. The van der Waals surface area contributed by atoms with E-state index in [0.29, 0.717) is 0 Å². The molecule has 3 rings (SSSR count). The van der Waals surface area contributed by atoms with Crippen LogP contribution in [-0.4, -0.2) is 36.4 Å². The summed E-state index contributed by atoms with van der Waals surface area (Å²) in [6, 6.07) is 5.99. The van der Waals surface area contributed by atoms with Crippen molar-refractivity contribution in [2.45, 2.75) is 6.04 Å². The van der Waals surface area contributed by atoms with Crippen molar-refractivity contribution < 1.29 is 15.0 Å². The Morgan fingerprint density at radius 3 is 2.74 bits per heavy atom. The first-order valence-electron chi connectivity index (χ1n) is 5.44. The number of carboxylic acids is 1. The molecule has 2 aromatic rings. The number of nitrogens with zero attached hydrogens (tertiary/aromatic N) is 4. The summed E-state index contributed by atoms with van der Waals surface area (Å²) in [6.07, 6.45) is 1.51. The van der Waals surface area contributed by atoms with Crippen LogP contribution in [0, 0.1) is 0 Å². The van der Waals surface area contributed by atoms with Gasteiger partial charge in [0.15, 0.2) is 0 Å². The van der Waals surface area contributed by atoms with Crippen LogP contribution in [0.3, 0.4) is 0 Å². The molecule has 1 aromatic carbocycles. The number of carbonyl (C=O) groups is 1. The number of aromatic nitrogens is 4. The Balaban J connectivity index is 2.09. The van der Waals surface area contributed by atoms with E-state index in [1.165, 1.54) is 22.9 Å². The van der Waals surface area contributed by atoms with Crippen LogP contribution in [0.15, 0.2) is 36.0 Å². The van der Waals surface area contributed by atoms with E-state index in [0.717, 1.165) is 5.56 Å². The van der Waals surface area contributed by atoms with Gasteiger partial charge < -0.3 is 15.5 Å². The van der Waals surface area contributed by atoms with Gasteiger partial charge in [-0.05, 0) is 34.2 Å². The molecule has 0 bridgehead atoms. The summed E-state index contributed by atoms with van der Waals surface area (Å²) in [5.41, 5.74) is 0.784. The van der Waals surface area contributed by atoms with Crippen molar-refractivity contribution in [3.8, 4) is 5.75 Å². The van der Waals surface area contributed by atoms with Gasteiger partial charge in [-0.2, -0.15) is 4.68 Å². The second-order valence-corrected chi connectivity index (χ2v) is 3.99. The number of rotatable bonds is 2. The predicted octanol–water partition coefficient (Wildman–Crippen LogP) is 0.362. The van der Waals surface area contributed by atoms with E-state index in [1.807, 2.05) is 0 Å². The molecule has 8 nitrogen and oxygen atoms in total. The lowest BCUT2D eigenvalue weighted by molar-refractivity contribution is -0.132. The number of fused-ring (bicyclic) bond motifs is 1. The molecule has 0 radical (unpaired) electrons. The summed E-state index contributed by atoms with van der Waals surface area (Å²) in [7, 11) is 0. The molecule has 0 fully saturated rings. The van der Waals surface area contributed by atoms with E-state index in [4.69, 9.17) is 5.11 Å². The van der Waals surface area contributed by atoms with E-state index in [1.54, 1.807) is 12.1 Å². The van der Waals surface area contributed by atoms with Gasteiger partial charge in [0, 0.05) is 0 Å². The third-order valence-corrected chi connectivity index (χ3v) is 2.79. The molecule has 3 N–H and O–H groups in total. The molecule has 1 aliphatic heterocycles. The Morgan fingerprint density at radius 1 is 1.32 bits per heavy atom. The number of carboxylic acid groups (broad SMARTS) is 1. The van der Waals surface area contributed by atoms with E-state index < -0.39 is 12.0 Å². The summed E-state index contributed by atoms with van der Waals surface area (Å²) in [4.78, 5) is 11.1. The van der Waals surface area contributed by atoms with Crippen molar-refractivity contribution in [1.29, 1.82) is 0 Å². The number of aliphatic carboxylic acids is 1. The largest absolute Gasteiger partial charge is 0.508 e. The maximum atomic E-state index is 11.1. The number of aromatic hydroxyl groups is 1. The van der Waals surface area contributed by atoms with Gasteiger partial charge in [-0.1, -0.05) is 17.2 Å². The lowest BCUT2D eigenvalue weighted by Gasteiger charge is -2.21. The quantitative estimate of drug-likeness (QED) is 0.713. The van der Waals surface area contributed by atoms with Crippen LogP contribution in [0.2, 0.25) is 0 Å². The van der Waals surface area contributed by atoms with Crippen molar-refractivity contribution >= 4 is 11.9 Å². The fourth-order valence-electron chi connectivity index (χ4n) is 1.89. The van der Waals surface area contributed by atoms with Crippen LogP contribution in [0.1, 0.15) is 11.6 Å². The Bertz CT molecular complexity index is 661. The lowest BCUT2D eigenvalue weighted by atomic mass is 10.0. The van der Waals surface area contributed by atoms with Gasteiger partial charge >= 0.3 is 5.97 Å². The summed E-state index contributed by atoms with van der Waals surface area (Å²) >= 11 is 0. The predicted molar refractivity (Wildman–Crippen MR) is 63.4 cm³/mol. The minimum atomic E-state index is -1.09. The molecule has 96 valence electrons. The monoisotopic (exact) mass is 259 g/mol. The van der Waals surface area contributed by atoms with E-state index in [2.05, 4.69) is 20.8 Å². The summed E-state index contributed by atoms with van der Waals surface area (Å²) in [5.74, 6) is -0.687. The average molecular weight is 259 g/mol. The number of allylic oxidation sites excluding steroid dienone is 1. The lowest BCUT2D eigenvalue weighted by Crippen LogP contribution is -2.24. The van der Waals surface area contributed by atoms with Crippen molar-refractivity contribution in [3.05, 3.63) is 41.6 Å². The highest BCUT2D eigenvalue weighted by atomic mass is 16.4. The zero-order valence-corrected chi connectivity index (χ0v) is 9.56. The summed E-state index contributed by atoms with van der Waals surface area (Å²) < 4.78 is 1.47. The second-order valence-electron chi connectivity index (χ2n) is 3.99. The maximum absolute atomic E-state index is 11.1. The minimum absolute atomic E-state index is 0.0142. The number of phenolic OH excluding ortho intramolecular Hbond substituents is 1. The van der Waals surface area contributed by atoms with Gasteiger partial charge in [-0.3, -0.25) is 0 Å². The Labute approximate surface area is 107 Å². The van der Waals surface area contributed by atoms with Crippen molar-refractivity contribution in [1.82, 2.24) is 20.2 Å². The number of hydrogen-bond donors (Lipinski definition) is 3. The number of benzene rings is 1. The van der Waals surface area contributed by atoms with Gasteiger partial charge in [-0.25, -0.2) is 4.79 Å². The standard InChI is InChI=1S/C11H9N5O3/c17-7-3-1-6(2-4-7)9-5-8(10(18)19)12-11-13-14-15-16(9)11/h1-5,9,17H,(H,18,19)(H,12,13,15)/t9-/m0/s1. The van der Waals surface area contributed by atoms with Crippen LogP contribution in [0.5, 0.6) is 5.75 Å². The third kappa shape index (κ3) is 1.88. The highest BCUT2D eigenvalue weighted by Crippen LogP contribution is 2.28. The van der Waals surface area contributed by atoms with Crippen molar-refractivity contribution in [3.63, 3.8) is 0 Å². The average Bonchev–Trinajstić information content (AvgIpc) is 2.86. The number of hydrogen-bond acceptors (Lipinski definition) is 6. The van der Waals surface area contributed by atoms with Crippen LogP contribution < -0.4 is 5.32 Å². The highest BCUT2D eigenvalue weighted by molar-refractivity contribution is 5.90. The van der Waals surface area contributed by atoms with Gasteiger partial charge in [0.05, 0.1) is 0 Å². The van der Waals surface area contributed by atoms with Gasteiger partial charge in [0.25, 0.3) is 0 Å². The van der Waals surface area contributed by atoms with E-state index in [9.17, 15) is 9.90 Å². The maximum Gasteiger partial charge on any atom is 0.352 e. The number of phenols is 1. The highest BCUT2D eigenvalue weighted by Gasteiger charge is 2.26. The van der Waals surface area contributed by atoms with Gasteiger partial charge in [-0.15, -0.1) is 0 Å². The van der Waals surface area contributed by atoms with Crippen LogP contribution in [0.25, 0.3) is 0 Å². The molecule has 1 atom stereocenters. The molecule has 1 aliphatic rings.